The first-order chi connectivity index (χ1) is 6.27. The van der Waals surface area contributed by atoms with Gasteiger partial charge in [0.05, 0.1) is 12.6 Å². The number of fused-ring (bicyclic) bond motifs is 3. The third-order valence-corrected chi connectivity index (χ3v) is 3.41. The summed E-state index contributed by atoms with van der Waals surface area (Å²) < 4.78 is 10.7. The number of hydrogen-bond donors (Lipinski definition) is 0. The Labute approximate surface area is 76.8 Å². The summed E-state index contributed by atoms with van der Waals surface area (Å²) in [5, 5.41) is 0. The maximum atomic E-state index is 11.5. The van der Waals surface area contributed by atoms with Crippen LogP contribution in [-0.2, 0) is 9.47 Å². The highest BCUT2D eigenvalue weighted by Crippen LogP contribution is 2.37. The van der Waals surface area contributed by atoms with Gasteiger partial charge in [0, 0.05) is 6.54 Å². The van der Waals surface area contributed by atoms with Crippen LogP contribution < -0.4 is 0 Å². The lowest BCUT2D eigenvalue weighted by Gasteiger charge is -2.48. The lowest BCUT2D eigenvalue weighted by molar-refractivity contribution is -0.214. The molecule has 0 saturated carbocycles. The van der Waals surface area contributed by atoms with Crippen LogP contribution in [0.5, 0.6) is 0 Å². The fourth-order valence-corrected chi connectivity index (χ4v) is 2.59. The highest BCUT2D eigenvalue weighted by molar-refractivity contribution is 5.70. The molecule has 0 aromatic rings. The smallest absolute Gasteiger partial charge is 0.410 e. The van der Waals surface area contributed by atoms with Crippen LogP contribution in [0.25, 0.3) is 0 Å². The second-order valence-electron chi connectivity index (χ2n) is 4.17. The lowest BCUT2D eigenvalue weighted by atomic mass is 9.91. The number of nitrogens with zero attached hydrogens (tertiary/aromatic N) is 1. The van der Waals surface area contributed by atoms with E-state index in [9.17, 15) is 4.79 Å². The third kappa shape index (κ3) is 0.866. The van der Waals surface area contributed by atoms with Crippen molar-refractivity contribution in [1.29, 1.82) is 0 Å². The molecule has 72 valence electrons. The summed E-state index contributed by atoms with van der Waals surface area (Å²) in [6.45, 7) is 3.60. The summed E-state index contributed by atoms with van der Waals surface area (Å²) in [7, 11) is 0. The first-order valence-corrected chi connectivity index (χ1v) is 4.86. The van der Waals surface area contributed by atoms with Gasteiger partial charge in [0.2, 0.25) is 0 Å². The van der Waals surface area contributed by atoms with Crippen molar-refractivity contribution in [2.45, 2.75) is 31.6 Å². The Morgan fingerprint density at radius 2 is 2.38 bits per heavy atom. The van der Waals surface area contributed by atoms with E-state index < -0.39 is 0 Å². The quantitative estimate of drug-likeness (QED) is 0.552. The van der Waals surface area contributed by atoms with Gasteiger partial charge in [-0.15, -0.1) is 0 Å². The van der Waals surface area contributed by atoms with Crippen molar-refractivity contribution >= 4 is 6.09 Å². The predicted octanol–water partition coefficient (Wildman–Crippen LogP) is 0.614. The summed E-state index contributed by atoms with van der Waals surface area (Å²) in [5.41, 5.74) is 0. The zero-order valence-corrected chi connectivity index (χ0v) is 7.60. The molecule has 3 saturated heterocycles. The molecule has 0 spiro atoms. The van der Waals surface area contributed by atoms with Gasteiger partial charge in [0.25, 0.3) is 0 Å². The van der Waals surface area contributed by atoms with Crippen molar-refractivity contribution in [2.24, 2.45) is 5.92 Å². The van der Waals surface area contributed by atoms with E-state index >= 15 is 0 Å². The van der Waals surface area contributed by atoms with Crippen molar-refractivity contribution < 1.29 is 14.3 Å². The maximum Gasteiger partial charge on any atom is 0.410 e. The molecule has 0 aromatic carbocycles. The van der Waals surface area contributed by atoms with Gasteiger partial charge in [0.15, 0.2) is 6.10 Å². The Hall–Kier alpha value is -0.770. The predicted molar refractivity (Wildman–Crippen MR) is 44.3 cm³/mol. The molecule has 3 rings (SSSR count). The minimum Gasteiger partial charge on any atom is -0.441 e. The van der Waals surface area contributed by atoms with Crippen LogP contribution in [0, 0.1) is 5.92 Å². The Morgan fingerprint density at radius 1 is 1.54 bits per heavy atom. The molecule has 3 heterocycles. The molecule has 0 bridgehead atoms. The average molecular weight is 183 g/mol. The van der Waals surface area contributed by atoms with Crippen molar-refractivity contribution in [1.82, 2.24) is 4.90 Å². The average Bonchev–Trinajstić information content (AvgIpc) is 2.41. The van der Waals surface area contributed by atoms with Gasteiger partial charge >= 0.3 is 6.09 Å². The molecule has 4 atom stereocenters. The Balaban J connectivity index is 1.89. The van der Waals surface area contributed by atoms with E-state index in [0.29, 0.717) is 12.5 Å². The fourth-order valence-electron chi connectivity index (χ4n) is 2.59. The summed E-state index contributed by atoms with van der Waals surface area (Å²) in [5.74, 6) is 0.556. The van der Waals surface area contributed by atoms with Gasteiger partial charge in [-0.2, -0.15) is 0 Å². The molecular weight excluding hydrogens is 170 g/mol. The molecule has 4 nitrogen and oxygen atoms in total. The van der Waals surface area contributed by atoms with E-state index in [0.717, 1.165) is 13.0 Å². The first kappa shape index (κ1) is 7.62. The van der Waals surface area contributed by atoms with Gasteiger partial charge in [-0.25, -0.2) is 4.79 Å². The van der Waals surface area contributed by atoms with E-state index in [4.69, 9.17) is 9.47 Å². The summed E-state index contributed by atoms with van der Waals surface area (Å²) >= 11 is 0. The SMILES string of the molecule is CC1CCN2C(=O)OC3COC3C12. The van der Waals surface area contributed by atoms with Crippen LogP contribution in [0.3, 0.4) is 0 Å². The van der Waals surface area contributed by atoms with Gasteiger partial charge in [-0.1, -0.05) is 6.92 Å². The van der Waals surface area contributed by atoms with Crippen molar-refractivity contribution in [3.8, 4) is 0 Å². The number of carbonyl (C=O) groups is 1. The topological polar surface area (TPSA) is 38.8 Å². The second-order valence-corrected chi connectivity index (χ2v) is 4.17. The van der Waals surface area contributed by atoms with Crippen LogP contribution >= 0.6 is 0 Å². The fraction of sp³-hybridized carbons (Fsp3) is 0.889. The molecule has 0 radical (unpaired) electrons. The van der Waals surface area contributed by atoms with Gasteiger partial charge < -0.3 is 14.4 Å². The van der Waals surface area contributed by atoms with Gasteiger partial charge in [-0.05, 0) is 12.3 Å². The molecule has 3 aliphatic rings. The number of hydrogen-bond acceptors (Lipinski definition) is 3. The molecular formula is C9H13NO3. The van der Waals surface area contributed by atoms with Crippen LogP contribution in [0.15, 0.2) is 0 Å². The maximum absolute atomic E-state index is 11.5. The van der Waals surface area contributed by atoms with E-state index in [1.807, 2.05) is 4.90 Å². The molecule has 3 fully saturated rings. The number of rotatable bonds is 0. The number of amides is 1. The van der Waals surface area contributed by atoms with Crippen molar-refractivity contribution in [3.05, 3.63) is 0 Å². The molecule has 0 aliphatic carbocycles. The summed E-state index contributed by atoms with van der Waals surface area (Å²) in [6, 6.07) is 0.278. The lowest BCUT2D eigenvalue weighted by Crippen LogP contribution is -2.65. The highest BCUT2D eigenvalue weighted by Gasteiger charge is 2.54. The molecule has 4 unspecified atom stereocenters. The minimum atomic E-state index is -0.140. The van der Waals surface area contributed by atoms with E-state index in [-0.39, 0.29) is 24.3 Å². The van der Waals surface area contributed by atoms with Crippen LogP contribution in [0.1, 0.15) is 13.3 Å². The highest BCUT2D eigenvalue weighted by atomic mass is 16.6. The Bertz CT molecular complexity index is 255. The van der Waals surface area contributed by atoms with Crippen molar-refractivity contribution in [2.75, 3.05) is 13.2 Å². The standard InChI is InChI=1S/C9H13NO3/c1-5-2-3-10-7(5)8-6(4-12-8)13-9(10)11/h5-8H,2-4H2,1H3. The Morgan fingerprint density at radius 3 is 3.08 bits per heavy atom. The molecule has 13 heavy (non-hydrogen) atoms. The van der Waals surface area contributed by atoms with E-state index in [1.54, 1.807) is 0 Å². The van der Waals surface area contributed by atoms with E-state index in [1.165, 1.54) is 0 Å². The summed E-state index contributed by atoms with van der Waals surface area (Å²) in [4.78, 5) is 13.3. The zero-order chi connectivity index (χ0) is 9.00. The molecule has 0 aromatic heterocycles. The van der Waals surface area contributed by atoms with Gasteiger partial charge in [-0.3, -0.25) is 0 Å². The van der Waals surface area contributed by atoms with Crippen LogP contribution in [0.4, 0.5) is 4.79 Å². The Kier molecular flexibility index (Phi) is 1.39. The largest absolute Gasteiger partial charge is 0.441 e. The third-order valence-electron chi connectivity index (χ3n) is 3.41. The van der Waals surface area contributed by atoms with Crippen LogP contribution in [0.2, 0.25) is 0 Å². The number of carbonyl (C=O) groups excluding carboxylic acids is 1. The zero-order valence-electron chi connectivity index (χ0n) is 7.60. The first-order valence-electron chi connectivity index (χ1n) is 4.86. The number of ether oxygens (including phenoxy) is 2. The van der Waals surface area contributed by atoms with Gasteiger partial charge in [0.1, 0.15) is 6.10 Å². The normalized spacial score (nSPS) is 47.8. The second kappa shape index (κ2) is 2.38. The minimum absolute atomic E-state index is 0.0364. The van der Waals surface area contributed by atoms with E-state index in [2.05, 4.69) is 6.92 Å². The molecule has 4 heteroatoms. The molecule has 3 aliphatic heterocycles. The van der Waals surface area contributed by atoms with Crippen LogP contribution in [-0.4, -0.2) is 42.4 Å². The monoisotopic (exact) mass is 183 g/mol. The van der Waals surface area contributed by atoms with Crippen molar-refractivity contribution in [3.63, 3.8) is 0 Å². The summed E-state index contributed by atoms with van der Waals surface area (Å²) in [6.07, 6.45) is 1.12. The molecule has 0 N–H and O–H groups in total. The molecule has 1 amide bonds.